The molecular formula is C9H13N. The lowest BCUT2D eigenvalue weighted by Gasteiger charge is -2.46. The second-order valence-electron chi connectivity index (χ2n) is 4.95. The Morgan fingerprint density at radius 3 is 2.40 bits per heavy atom. The van der Waals surface area contributed by atoms with Crippen LogP contribution in [-0.4, -0.2) is 11.6 Å². The quantitative estimate of drug-likeness (QED) is 0.522. The van der Waals surface area contributed by atoms with Gasteiger partial charge in [-0.15, -0.1) is 0 Å². The van der Waals surface area contributed by atoms with E-state index in [4.69, 9.17) is 0 Å². The molecule has 6 aliphatic rings. The highest BCUT2D eigenvalue weighted by Gasteiger charge is 2.78. The van der Waals surface area contributed by atoms with Gasteiger partial charge in [0.25, 0.3) is 0 Å². The standard InChI is InChI=1S/C9H13N/c1-4-5-2-9-3-6(5)8(10-9)7(4)9/h4-8,10H,2-3H2,1H3. The highest BCUT2D eigenvalue weighted by Crippen LogP contribution is 2.73. The molecule has 6 unspecified atom stereocenters. The van der Waals surface area contributed by atoms with Crippen molar-refractivity contribution in [1.82, 2.24) is 5.32 Å². The zero-order chi connectivity index (χ0) is 6.51. The lowest BCUT2D eigenvalue weighted by atomic mass is 9.77. The van der Waals surface area contributed by atoms with E-state index >= 15 is 0 Å². The first-order chi connectivity index (χ1) is 4.82. The Morgan fingerprint density at radius 2 is 2.10 bits per heavy atom. The largest absolute Gasteiger partial charge is 0.307 e. The molecule has 2 saturated heterocycles. The minimum Gasteiger partial charge on any atom is -0.307 e. The van der Waals surface area contributed by atoms with Crippen LogP contribution < -0.4 is 5.32 Å². The molecular weight excluding hydrogens is 122 g/mol. The van der Waals surface area contributed by atoms with Gasteiger partial charge in [0, 0.05) is 11.6 Å². The monoisotopic (exact) mass is 135 g/mol. The van der Waals surface area contributed by atoms with Gasteiger partial charge in [-0.2, -0.15) is 0 Å². The first-order valence-electron chi connectivity index (χ1n) is 4.59. The maximum absolute atomic E-state index is 3.75. The lowest BCUT2D eigenvalue weighted by Crippen LogP contribution is -2.64. The van der Waals surface area contributed by atoms with E-state index in [2.05, 4.69) is 12.2 Å². The van der Waals surface area contributed by atoms with Crippen LogP contribution in [0.1, 0.15) is 19.8 Å². The van der Waals surface area contributed by atoms with Crippen LogP contribution in [0.15, 0.2) is 0 Å². The average Bonchev–Trinajstić information content (AvgIpc) is 2.49. The van der Waals surface area contributed by atoms with Crippen molar-refractivity contribution in [3.05, 3.63) is 0 Å². The van der Waals surface area contributed by atoms with Gasteiger partial charge in [0.1, 0.15) is 0 Å². The van der Waals surface area contributed by atoms with Crippen LogP contribution in [0, 0.1) is 23.7 Å². The topological polar surface area (TPSA) is 12.0 Å². The van der Waals surface area contributed by atoms with Crippen LogP contribution in [0.4, 0.5) is 0 Å². The predicted octanol–water partition coefficient (Wildman–Crippen LogP) is 1.00. The summed E-state index contributed by atoms with van der Waals surface area (Å²) in [4.78, 5) is 0. The summed E-state index contributed by atoms with van der Waals surface area (Å²) in [7, 11) is 0. The van der Waals surface area contributed by atoms with Gasteiger partial charge in [-0.3, -0.25) is 0 Å². The molecule has 6 atom stereocenters. The summed E-state index contributed by atoms with van der Waals surface area (Å²) < 4.78 is 0. The van der Waals surface area contributed by atoms with Gasteiger partial charge >= 0.3 is 0 Å². The molecule has 1 nitrogen and oxygen atoms in total. The summed E-state index contributed by atoms with van der Waals surface area (Å²) in [5, 5.41) is 3.75. The minimum absolute atomic E-state index is 0.708. The number of piperidine rings is 1. The maximum atomic E-state index is 3.75. The second kappa shape index (κ2) is 0.989. The Morgan fingerprint density at radius 1 is 1.30 bits per heavy atom. The molecule has 0 amide bonds. The van der Waals surface area contributed by atoms with Crippen molar-refractivity contribution < 1.29 is 0 Å². The molecule has 0 radical (unpaired) electrons. The van der Waals surface area contributed by atoms with E-state index in [1.807, 2.05) is 0 Å². The van der Waals surface area contributed by atoms with Crippen LogP contribution in [-0.2, 0) is 0 Å². The molecule has 10 heavy (non-hydrogen) atoms. The Hall–Kier alpha value is -0.0400. The molecule has 4 saturated carbocycles. The molecule has 6 rings (SSSR count). The molecule has 5 bridgehead atoms. The van der Waals surface area contributed by atoms with Gasteiger partial charge in [0.05, 0.1) is 0 Å². The van der Waals surface area contributed by atoms with Gasteiger partial charge in [0.15, 0.2) is 0 Å². The van der Waals surface area contributed by atoms with Crippen molar-refractivity contribution in [2.75, 3.05) is 0 Å². The predicted molar refractivity (Wildman–Crippen MR) is 38.5 cm³/mol. The fourth-order valence-corrected chi connectivity index (χ4v) is 4.82. The van der Waals surface area contributed by atoms with Crippen molar-refractivity contribution in [3.8, 4) is 0 Å². The molecule has 1 heteroatoms. The molecule has 4 aliphatic carbocycles. The Bertz CT molecular complexity index is 219. The number of hydrogen-bond donors (Lipinski definition) is 1. The Labute approximate surface area is 61.2 Å². The van der Waals surface area contributed by atoms with Gasteiger partial charge in [0.2, 0.25) is 0 Å². The van der Waals surface area contributed by atoms with Crippen molar-refractivity contribution in [1.29, 1.82) is 0 Å². The highest BCUT2D eigenvalue weighted by atomic mass is 15.2. The van der Waals surface area contributed by atoms with Crippen molar-refractivity contribution in [3.63, 3.8) is 0 Å². The van der Waals surface area contributed by atoms with Gasteiger partial charge in [-0.1, -0.05) is 6.92 Å². The summed E-state index contributed by atoms with van der Waals surface area (Å²) >= 11 is 0. The third kappa shape index (κ3) is 0.230. The highest BCUT2D eigenvalue weighted by molar-refractivity contribution is 5.33. The lowest BCUT2D eigenvalue weighted by molar-refractivity contribution is 0.112. The third-order valence-electron chi connectivity index (χ3n) is 4.93. The van der Waals surface area contributed by atoms with E-state index in [1.54, 1.807) is 0 Å². The smallest absolute Gasteiger partial charge is 0.0236 e. The van der Waals surface area contributed by atoms with Gasteiger partial charge < -0.3 is 5.32 Å². The number of hydrogen-bond acceptors (Lipinski definition) is 1. The second-order valence-corrected chi connectivity index (χ2v) is 4.95. The van der Waals surface area contributed by atoms with Crippen LogP contribution in [0.3, 0.4) is 0 Å². The van der Waals surface area contributed by atoms with E-state index in [0.717, 1.165) is 29.7 Å². The van der Waals surface area contributed by atoms with Crippen LogP contribution >= 0.6 is 0 Å². The van der Waals surface area contributed by atoms with E-state index in [9.17, 15) is 0 Å². The molecule has 2 heterocycles. The minimum atomic E-state index is 0.708. The molecule has 1 N–H and O–H groups in total. The van der Waals surface area contributed by atoms with E-state index < -0.39 is 0 Å². The Balaban J connectivity index is 2.01. The van der Waals surface area contributed by atoms with Gasteiger partial charge in [-0.25, -0.2) is 0 Å². The molecule has 0 aromatic heterocycles. The molecule has 6 fully saturated rings. The van der Waals surface area contributed by atoms with Crippen molar-refractivity contribution in [2.24, 2.45) is 23.7 Å². The molecule has 1 spiro atoms. The summed E-state index contributed by atoms with van der Waals surface area (Å²) in [6.45, 7) is 2.48. The van der Waals surface area contributed by atoms with Crippen molar-refractivity contribution in [2.45, 2.75) is 31.3 Å². The summed E-state index contributed by atoms with van der Waals surface area (Å²) in [6, 6.07) is 0.980. The van der Waals surface area contributed by atoms with Crippen molar-refractivity contribution >= 4 is 0 Å². The Kier molecular flexibility index (Phi) is 0.471. The zero-order valence-corrected chi connectivity index (χ0v) is 6.30. The summed E-state index contributed by atoms with van der Waals surface area (Å²) in [6.07, 6.45) is 3.07. The summed E-state index contributed by atoms with van der Waals surface area (Å²) in [5.74, 6) is 4.43. The molecule has 0 aromatic rings. The first kappa shape index (κ1) is 4.76. The molecule has 0 aromatic carbocycles. The number of rotatable bonds is 0. The molecule has 54 valence electrons. The SMILES string of the molecule is CC1C2CC34CC2C(N3)C14. The maximum Gasteiger partial charge on any atom is 0.0236 e. The number of nitrogens with one attached hydrogen (secondary N) is 1. The summed E-state index contributed by atoms with van der Waals surface area (Å²) in [5.41, 5.74) is 0.708. The average molecular weight is 135 g/mol. The van der Waals surface area contributed by atoms with E-state index in [-0.39, 0.29) is 0 Å². The van der Waals surface area contributed by atoms with E-state index in [1.165, 1.54) is 12.8 Å². The van der Waals surface area contributed by atoms with Crippen LogP contribution in [0.2, 0.25) is 0 Å². The molecule has 2 aliphatic heterocycles. The third-order valence-corrected chi connectivity index (χ3v) is 4.93. The van der Waals surface area contributed by atoms with Gasteiger partial charge in [-0.05, 0) is 36.5 Å². The fraction of sp³-hybridized carbons (Fsp3) is 1.00. The first-order valence-corrected chi connectivity index (χ1v) is 4.59. The van der Waals surface area contributed by atoms with Crippen LogP contribution in [0.5, 0.6) is 0 Å². The van der Waals surface area contributed by atoms with Crippen LogP contribution in [0.25, 0.3) is 0 Å². The normalized spacial score (nSPS) is 80.7. The fourth-order valence-electron chi connectivity index (χ4n) is 4.82. The van der Waals surface area contributed by atoms with E-state index in [0.29, 0.717) is 5.54 Å². The zero-order valence-electron chi connectivity index (χ0n) is 6.30.